The number of para-hydroxylation sites is 1. The summed E-state index contributed by atoms with van der Waals surface area (Å²) >= 11 is 2.07. The third-order valence-electron chi connectivity index (χ3n) is 3.87. The normalized spacial score (nSPS) is 23.2. The van der Waals surface area contributed by atoms with Gasteiger partial charge >= 0.3 is 0 Å². The van der Waals surface area contributed by atoms with Crippen molar-refractivity contribution in [2.45, 2.75) is 49.8 Å². The van der Waals surface area contributed by atoms with Crippen LogP contribution in [0.5, 0.6) is 0 Å². The quantitative estimate of drug-likeness (QED) is 0.756. The summed E-state index contributed by atoms with van der Waals surface area (Å²) in [6.45, 7) is 6.98. The van der Waals surface area contributed by atoms with E-state index in [-0.39, 0.29) is 4.87 Å². The summed E-state index contributed by atoms with van der Waals surface area (Å²) in [4.78, 5) is 4.22. The van der Waals surface area contributed by atoms with Crippen molar-refractivity contribution >= 4 is 17.4 Å². The van der Waals surface area contributed by atoms with E-state index in [1.807, 2.05) is 0 Å². The molecule has 0 bridgehead atoms. The Kier molecular flexibility index (Phi) is 3.72. The Balaban J connectivity index is 2.32. The van der Waals surface area contributed by atoms with Crippen LogP contribution in [0.3, 0.4) is 0 Å². The number of rotatable bonds is 4. The summed E-state index contributed by atoms with van der Waals surface area (Å²) in [6.07, 6.45) is 3.86. The van der Waals surface area contributed by atoms with Gasteiger partial charge in [-0.1, -0.05) is 57.5 Å². The highest BCUT2D eigenvalue weighted by atomic mass is 32.2. The molecule has 0 saturated heterocycles. The zero-order valence-corrected chi connectivity index (χ0v) is 12.2. The summed E-state index contributed by atoms with van der Waals surface area (Å²) in [5, 5.41) is 0. The van der Waals surface area contributed by atoms with Gasteiger partial charge in [-0.05, 0) is 24.5 Å². The van der Waals surface area contributed by atoms with E-state index in [0.29, 0.717) is 5.92 Å². The molecule has 0 spiro atoms. The fourth-order valence-corrected chi connectivity index (χ4v) is 4.28. The van der Waals surface area contributed by atoms with E-state index in [2.05, 4.69) is 68.7 Å². The lowest BCUT2D eigenvalue weighted by molar-refractivity contribution is 0.396. The minimum absolute atomic E-state index is 0.264. The van der Waals surface area contributed by atoms with Gasteiger partial charge in [0.1, 0.15) is 0 Å². The van der Waals surface area contributed by atoms with E-state index >= 15 is 0 Å². The van der Waals surface area contributed by atoms with Crippen LogP contribution in [0.4, 0.5) is 5.69 Å². The summed E-state index contributed by atoms with van der Waals surface area (Å²) in [5.41, 5.74) is 1.40. The van der Waals surface area contributed by atoms with E-state index in [0.717, 1.165) is 0 Å². The van der Waals surface area contributed by atoms with Crippen LogP contribution in [-0.2, 0) is 0 Å². The van der Waals surface area contributed by atoms with E-state index in [1.54, 1.807) is 0 Å². The molecular formula is C15H23NS. The summed E-state index contributed by atoms with van der Waals surface area (Å²) in [7, 11) is 2.26. The lowest BCUT2D eigenvalue weighted by atomic mass is 9.95. The number of fused-ring (bicyclic) bond motifs is 1. The first kappa shape index (κ1) is 12.8. The Morgan fingerprint density at radius 3 is 2.59 bits per heavy atom. The van der Waals surface area contributed by atoms with Gasteiger partial charge < -0.3 is 4.90 Å². The average molecular weight is 249 g/mol. The maximum atomic E-state index is 2.51. The van der Waals surface area contributed by atoms with Gasteiger partial charge in [-0.25, -0.2) is 0 Å². The van der Waals surface area contributed by atoms with Gasteiger partial charge in [0.25, 0.3) is 0 Å². The molecule has 0 N–H and O–H groups in total. The molecule has 0 aliphatic carbocycles. The van der Waals surface area contributed by atoms with Gasteiger partial charge in [-0.2, -0.15) is 0 Å². The Labute approximate surface area is 110 Å². The summed E-state index contributed by atoms with van der Waals surface area (Å²) in [5.74, 6) is 0.663. The van der Waals surface area contributed by atoms with Crippen LogP contribution in [0.15, 0.2) is 29.2 Å². The molecule has 1 aromatic carbocycles. The third kappa shape index (κ3) is 2.08. The Morgan fingerprint density at radius 2 is 2.00 bits per heavy atom. The Hall–Kier alpha value is -0.630. The monoisotopic (exact) mass is 249 g/mol. The van der Waals surface area contributed by atoms with Crippen molar-refractivity contribution < 1.29 is 0 Å². The number of hydrogen-bond acceptors (Lipinski definition) is 2. The first-order valence-corrected chi connectivity index (χ1v) is 7.45. The number of unbranched alkanes of at least 4 members (excludes halogenated alkanes) is 1. The third-order valence-corrected chi connectivity index (χ3v) is 5.74. The molecule has 2 rings (SSSR count). The summed E-state index contributed by atoms with van der Waals surface area (Å²) < 4.78 is 0. The fourth-order valence-electron chi connectivity index (χ4n) is 2.73. The first-order chi connectivity index (χ1) is 8.12. The van der Waals surface area contributed by atoms with Gasteiger partial charge in [0.2, 0.25) is 0 Å². The average Bonchev–Trinajstić information content (AvgIpc) is 2.62. The van der Waals surface area contributed by atoms with Crippen LogP contribution in [-0.4, -0.2) is 11.9 Å². The van der Waals surface area contributed by atoms with Crippen molar-refractivity contribution in [2.75, 3.05) is 11.9 Å². The van der Waals surface area contributed by atoms with Crippen LogP contribution >= 0.6 is 11.8 Å². The Morgan fingerprint density at radius 1 is 1.29 bits per heavy atom. The molecule has 1 nitrogen and oxygen atoms in total. The van der Waals surface area contributed by atoms with Crippen molar-refractivity contribution in [2.24, 2.45) is 5.92 Å². The molecule has 1 aliphatic rings. The van der Waals surface area contributed by atoms with Gasteiger partial charge in [0.15, 0.2) is 0 Å². The van der Waals surface area contributed by atoms with Crippen LogP contribution in [0, 0.1) is 5.92 Å². The summed E-state index contributed by atoms with van der Waals surface area (Å²) in [6, 6.07) is 8.80. The van der Waals surface area contributed by atoms with E-state index in [1.165, 1.54) is 29.8 Å². The number of thioether (sulfide) groups is 1. The number of benzene rings is 1. The predicted octanol–water partition coefficient (Wildman–Crippen LogP) is 4.77. The first-order valence-electron chi connectivity index (χ1n) is 6.63. The van der Waals surface area contributed by atoms with Crippen molar-refractivity contribution in [3.05, 3.63) is 24.3 Å². The van der Waals surface area contributed by atoms with Crippen molar-refractivity contribution in [1.29, 1.82) is 0 Å². The lowest BCUT2D eigenvalue weighted by Gasteiger charge is -2.40. The highest BCUT2D eigenvalue weighted by molar-refractivity contribution is 8.01. The molecule has 17 heavy (non-hydrogen) atoms. The second-order valence-corrected chi connectivity index (χ2v) is 6.58. The highest BCUT2D eigenvalue weighted by Gasteiger charge is 2.44. The van der Waals surface area contributed by atoms with E-state index < -0.39 is 0 Å². The van der Waals surface area contributed by atoms with Crippen molar-refractivity contribution in [3.63, 3.8) is 0 Å². The zero-order valence-electron chi connectivity index (χ0n) is 11.4. The van der Waals surface area contributed by atoms with E-state index in [9.17, 15) is 0 Å². The topological polar surface area (TPSA) is 3.24 Å². The lowest BCUT2D eigenvalue weighted by Crippen LogP contribution is -2.45. The molecule has 2 heteroatoms. The highest BCUT2D eigenvalue weighted by Crippen LogP contribution is 2.54. The number of hydrogen-bond donors (Lipinski definition) is 0. The molecule has 0 unspecified atom stereocenters. The second-order valence-electron chi connectivity index (χ2n) is 5.23. The molecular weight excluding hydrogens is 226 g/mol. The maximum Gasteiger partial charge on any atom is 0.0926 e. The second kappa shape index (κ2) is 4.93. The van der Waals surface area contributed by atoms with Gasteiger partial charge in [-0.15, -0.1) is 0 Å². The number of anilines is 1. The van der Waals surface area contributed by atoms with Gasteiger partial charge in [-0.3, -0.25) is 0 Å². The molecule has 0 aromatic heterocycles. The molecule has 0 amide bonds. The molecule has 1 aromatic rings. The van der Waals surface area contributed by atoms with Crippen molar-refractivity contribution in [3.8, 4) is 0 Å². The SMILES string of the molecule is CCCC[C@@]1(C(C)C)Sc2ccccc2N1C. The van der Waals surface area contributed by atoms with Crippen LogP contribution in [0.2, 0.25) is 0 Å². The fraction of sp³-hybridized carbons (Fsp3) is 0.600. The smallest absolute Gasteiger partial charge is 0.0926 e. The molecule has 1 atom stereocenters. The predicted molar refractivity (Wildman–Crippen MR) is 77.8 cm³/mol. The Bertz CT molecular complexity index is 388. The zero-order chi connectivity index (χ0) is 12.5. The minimum Gasteiger partial charge on any atom is -0.358 e. The van der Waals surface area contributed by atoms with Gasteiger partial charge in [0.05, 0.1) is 10.6 Å². The molecule has 94 valence electrons. The number of nitrogens with zero attached hydrogens (tertiary/aromatic N) is 1. The van der Waals surface area contributed by atoms with Crippen LogP contribution < -0.4 is 4.90 Å². The van der Waals surface area contributed by atoms with Crippen molar-refractivity contribution in [1.82, 2.24) is 0 Å². The maximum absolute atomic E-state index is 2.51. The molecule has 0 saturated carbocycles. The molecule has 1 aliphatic heterocycles. The largest absolute Gasteiger partial charge is 0.358 e. The molecule has 0 fully saturated rings. The molecule has 0 radical (unpaired) electrons. The van der Waals surface area contributed by atoms with E-state index in [4.69, 9.17) is 0 Å². The molecule has 1 heterocycles. The van der Waals surface area contributed by atoms with Crippen LogP contribution in [0.1, 0.15) is 40.0 Å². The van der Waals surface area contributed by atoms with Crippen LogP contribution in [0.25, 0.3) is 0 Å². The minimum atomic E-state index is 0.264. The standard InChI is InChI=1S/C15H23NS/c1-5-6-11-15(12(2)3)16(4)13-9-7-8-10-14(13)17-15/h7-10,12H,5-6,11H2,1-4H3/t15-/m0/s1. The van der Waals surface area contributed by atoms with Gasteiger partial charge in [0, 0.05) is 11.9 Å².